The number of aromatic nitrogens is 3. The van der Waals surface area contributed by atoms with Crippen LogP contribution in [0.3, 0.4) is 0 Å². The van der Waals surface area contributed by atoms with Crippen LogP contribution in [0.2, 0.25) is 0 Å². The van der Waals surface area contributed by atoms with E-state index in [1.165, 1.54) is 0 Å². The summed E-state index contributed by atoms with van der Waals surface area (Å²) in [5, 5.41) is 2.80. The molecule has 3 aromatic rings. The lowest BCUT2D eigenvalue weighted by Gasteiger charge is -2.26. The highest BCUT2D eigenvalue weighted by molar-refractivity contribution is 6.00. The van der Waals surface area contributed by atoms with Gasteiger partial charge in [0.05, 0.1) is 11.1 Å². The fourth-order valence-corrected chi connectivity index (χ4v) is 4.90. The number of aryl methyl sites for hydroxylation is 1. The molecule has 188 valence electrons. The number of hydrogen-bond donors (Lipinski definition) is 1. The SMILES string of the molecule is Cc1ccc(-c2ncccn2)c(C(=O)N2CC3(CC3)C[C@H]2CCNc2ncc(C(F)(F)F)cc2F)c1. The van der Waals surface area contributed by atoms with Crippen molar-refractivity contribution < 1.29 is 22.4 Å². The fraction of sp³-hybridized carbons (Fsp3) is 0.385. The molecular weight excluding hydrogens is 474 g/mol. The van der Waals surface area contributed by atoms with E-state index in [9.17, 15) is 22.4 Å². The molecule has 0 unspecified atom stereocenters. The molecule has 10 heteroatoms. The molecule has 2 aliphatic rings. The third-order valence-corrected chi connectivity index (χ3v) is 6.98. The van der Waals surface area contributed by atoms with Crippen LogP contribution in [0.15, 0.2) is 48.9 Å². The quantitative estimate of drug-likeness (QED) is 0.454. The second-order valence-corrected chi connectivity index (χ2v) is 9.68. The molecule has 0 bridgehead atoms. The van der Waals surface area contributed by atoms with Crippen LogP contribution in [-0.4, -0.2) is 44.9 Å². The van der Waals surface area contributed by atoms with E-state index in [1.54, 1.807) is 18.5 Å². The number of nitrogens with one attached hydrogen (secondary N) is 1. The van der Waals surface area contributed by atoms with E-state index in [1.807, 2.05) is 30.0 Å². The van der Waals surface area contributed by atoms with Crippen LogP contribution in [0.25, 0.3) is 11.4 Å². The average molecular weight is 500 g/mol. The number of nitrogens with zero attached hydrogens (tertiary/aromatic N) is 4. The molecular formula is C26H25F4N5O. The molecule has 6 nitrogen and oxygen atoms in total. The standard InChI is InChI=1S/C26H25F4N5O/c1-16-3-4-19(22-31-8-2-9-32-22)20(11-16)24(36)35-15-25(6-7-25)13-18(35)5-10-33-23-21(27)12-17(14-34-23)26(28,29)30/h2-4,8-9,11-12,14,18H,5-7,10,13,15H2,1H3,(H,33,34)/t18-/m1/s1. The van der Waals surface area contributed by atoms with Crippen molar-refractivity contribution in [2.24, 2.45) is 5.41 Å². The zero-order chi connectivity index (χ0) is 25.5. The Bertz CT molecular complexity index is 1280. The maximum atomic E-state index is 14.2. The minimum absolute atomic E-state index is 0.0879. The first-order valence-corrected chi connectivity index (χ1v) is 11.8. The second kappa shape index (κ2) is 9.15. The number of hydrogen-bond acceptors (Lipinski definition) is 5. The first-order chi connectivity index (χ1) is 17.2. The zero-order valence-electron chi connectivity index (χ0n) is 19.6. The second-order valence-electron chi connectivity index (χ2n) is 9.68. The lowest BCUT2D eigenvalue weighted by molar-refractivity contribution is -0.138. The van der Waals surface area contributed by atoms with Crippen LogP contribution in [0, 0.1) is 18.2 Å². The van der Waals surface area contributed by atoms with Crippen molar-refractivity contribution in [2.75, 3.05) is 18.4 Å². The van der Waals surface area contributed by atoms with Crippen LogP contribution < -0.4 is 5.32 Å². The molecule has 36 heavy (non-hydrogen) atoms. The number of likely N-dealkylation sites (tertiary alicyclic amines) is 1. The summed E-state index contributed by atoms with van der Waals surface area (Å²) in [6.45, 7) is 2.83. The Morgan fingerprint density at radius 1 is 1.17 bits per heavy atom. The number of anilines is 1. The maximum Gasteiger partial charge on any atom is 0.417 e. The lowest BCUT2D eigenvalue weighted by atomic mass is 10.0. The summed E-state index contributed by atoms with van der Waals surface area (Å²) in [5.41, 5.74) is 1.12. The number of carbonyl (C=O) groups is 1. The van der Waals surface area contributed by atoms with Gasteiger partial charge in [-0.15, -0.1) is 0 Å². The molecule has 1 spiro atoms. The Hall–Kier alpha value is -3.56. The van der Waals surface area contributed by atoms with Gasteiger partial charge in [-0.05, 0) is 56.2 Å². The van der Waals surface area contributed by atoms with Gasteiger partial charge in [0, 0.05) is 43.3 Å². The van der Waals surface area contributed by atoms with Crippen molar-refractivity contribution in [3.05, 3.63) is 71.4 Å². The first-order valence-electron chi connectivity index (χ1n) is 11.8. The van der Waals surface area contributed by atoms with Gasteiger partial charge in [0.1, 0.15) is 0 Å². The van der Waals surface area contributed by atoms with Crippen LogP contribution in [0.5, 0.6) is 0 Å². The minimum Gasteiger partial charge on any atom is -0.368 e. The summed E-state index contributed by atoms with van der Waals surface area (Å²) in [5.74, 6) is -0.922. The fourth-order valence-electron chi connectivity index (χ4n) is 4.90. The molecule has 1 N–H and O–H groups in total. The van der Waals surface area contributed by atoms with E-state index >= 15 is 0 Å². The van der Waals surface area contributed by atoms with Gasteiger partial charge in [-0.25, -0.2) is 19.3 Å². The van der Waals surface area contributed by atoms with Crippen molar-refractivity contribution in [1.29, 1.82) is 0 Å². The number of halogens is 4. The van der Waals surface area contributed by atoms with E-state index in [-0.39, 0.29) is 29.7 Å². The normalized spacial score (nSPS) is 18.5. The highest BCUT2D eigenvalue weighted by Gasteiger charge is 2.53. The third-order valence-electron chi connectivity index (χ3n) is 6.98. The molecule has 1 saturated heterocycles. The summed E-state index contributed by atoms with van der Waals surface area (Å²) in [7, 11) is 0. The molecule has 1 amide bonds. The molecule has 5 rings (SSSR count). The van der Waals surface area contributed by atoms with Crippen molar-refractivity contribution in [1.82, 2.24) is 19.9 Å². The molecule has 2 aromatic heterocycles. The monoisotopic (exact) mass is 499 g/mol. The zero-order valence-corrected chi connectivity index (χ0v) is 19.6. The molecule has 1 aromatic carbocycles. The molecule has 1 aliphatic carbocycles. The van der Waals surface area contributed by atoms with Gasteiger partial charge in [-0.2, -0.15) is 13.2 Å². The number of alkyl halides is 3. The Kier molecular flexibility index (Phi) is 6.13. The average Bonchev–Trinajstić information content (AvgIpc) is 3.51. The Balaban J connectivity index is 1.33. The number of benzene rings is 1. The third kappa shape index (κ3) is 4.89. The number of carbonyl (C=O) groups excluding carboxylic acids is 1. The van der Waals surface area contributed by atoms with Crippen molar-refractivity contribution in [2.45, 2.75) is 44.8 Å². The number of pyridine rings is 1. The van der Waals surface area contributed by atoms with Crippen LogP contribution in [0.4, 0.5) is 23.4 Å². The highest BCUT2D eigenvalue weighted by atomic mass is 19.4. The molecule has 1 saturated carbocycles. The van der Waals surface area contributed by atoms with Gasteiger partial charge in [0.15, 0.2) is 17.5 Å². The Morgan fingerprint density at radius 3 is 2.58 bits per heavy atom. The lowest BCUT2D eigenvalue weighted by Crippen LogP contribution is -2.37. The number of rotatable bonds is 6. The molecule has 1 atom stereocenters. The molecule has 1 aliphatic heterocycles. The molecule has 2 fully saturated rings. The molecule has 3 heterocycles. The molecule has 0 radical (unpaired) electrons. The van der Waals surface area contributed by atoms with Gasteiger partial charge in [0.25, 0.3) is 5.91 Å². The Labute approximate surface area is 205 Å². The van der Waals surface area contributed by atoms with Crippen LogP contribution in [-0.2, 0) is 6.18 Å². The van der Waals surface area contributed by atoms with E-state index < -0.39 is 17.6 Å². The van der Waals surface area contributed by atoms with Crippen LogP contribution in [0.1, 0.15) is 47.2 Å². The summed E-state index contributed by atoms with van der Waals surface area (Å²) in [6.07, 6.45) is 2.68. The van der Waals surface area contributed by atoms with E-state index in [0.29, 0.717) is 42.2 Å². The number of amides is 1. The van der Waals surface area contributed by atoms with Gasteiger partial charge >= 0.3 is 6.18 Å². The van der Waals surface area contributed by atoms with Crippen molar-refractivity contribution in [3.8, 4) is 11.4 Å². The van der Waals surface area contributed by atoms with Gasteiger partial charge in [0.2, 0.25) is 0 Å². The predicted octanol–water partition coefficient (Wildman–Crippen LogP) is 5.50. The smallest absolute Gasteiger partial charge is 0.368 e. The van der Waals surface area contributed by atoms with Crippen molar-refractivity contribution >= 4 is 11.7 Å². The topological polar surface area (TPSA) is 71.0 Å². The van der Waals surface area contributed by atoms with E-state index in [0.717, 1.165) is 24.8 Å². The summed E-state index contributed by atoms with van der Waals surface area (Å²) in [4.78, 5) is 27.9. The van der Waals surface area contributed by atoms with Crippen LogP contribution >= 0.6 is 0 Å². The largest absolute Gasteiger partial charge is 0.417 e. The van der Waals surface area contributed by atoms with Gasteiger partial charge < -0.3 is 10.2 Å². The first kappa shape index (κ1) is 24.1. The summed E-state index contributed by atoms with van der Waals surface area (Å²) >= 11 is 0. The summed E-state index contributed by atoms with van der Waals surface area (Å²) in [6, 6.07) is 7.69. The predicted molar refractivity (Wildman–Crippen MR) is 126 cm³/mol. The summed E-state index contributed by atoms with van der Waals surface area (Å²) < 4.78 is 52.5. The van der Waals surface area contributed by atoms with Gasteiger partial charge in [-0.3, -0.25) is 4.79 Å². The van der Waals surface area contributed by atoms with Crippen molar-refractivity contribution in [3.63, 3.8) is 0 Å². The van der Waals surface area contributed by atoms with Gasteiger partial charge in [-0.1, -0.05) is 17.7 Å². The van der Waals surface area contributed by atoms with E-state index in [2.05, 4.69) is 20.3 Å². The maximum absolute atomic E-state index is 14.2. The van der Waals surface area contributed by atoms with E-state index in [4.69, 9.17) is 0 Å². The Morgan fingerprint density at radius 2 is 1.92 bits per heavy atom. The minimum atomic E-state index is -4.66. The highest BCUT2D eigenvalue weighted by Crippen LogP contribution is 2.55.